The minimum absolute atomic E-state index is 0.00986. The molecule has 0 bridgehead atoms. The van der Waals surface area contributed by atoms with Crippen molar-refractivity contribution in [2.24, 2.45) is 5.73 Å². The highest BCUT2D eigenvalue weighted by Gasteiger charge is 2.09. The Balaban J connectivity index is 2.11. The first kappa shape index (κ1) is 12.6. The second kappa shape index (κ2) is 5.67. The average molecular weight is 312 g/mol. The summed E-state index contributed by atoms with van der Waals surface area (Å²) in [5.41, 5.74) is 7.30. The molecule has 17 heavy (non-hydrogen) atoms. The Kier molecular flexibility index (Phi) is 4.20. The predicted octanol–water partition coefficient (Wildman–Crippen LogP) is 3.76. The standard InChI is InChI=1S/C13H14BrNOS/c1-16-11-4-2-3-9(5-11)13(15)7-12-6-10(14)8-17-12/h2-6,8,13H,7,15H2,1H3. The fourth-order valence-electron chi connectivity index (χ4n) is 1.67. The van der Waals surface area contributed by atoms with Gasteiger partial charge in [0.25, 0.3) is 0 Å². The molecule has 2 N–H and O–H groups in total. The lowest BCUT2D eigenvalue weighted by atomic mass is 10.0. The van der Waals surface area contributed by atoms with Crippen LogP contribution in [0.3, 0.4) is 0 Å². The average Bonchev–Trinajstić information content (AvgIpc) is 2.75. The summed E-state index contributed by atoms with van der Waals surface area (Å²) in [7, 11) is 1.67. The van der Waals surface area contributed by atoms with E-state index in [1.54, 1.807) is 18.4 Å². The second-order valence-electron chi connectivity index (χ2n) is 3.82. The fourth-order valence-corrected chi connectivity index (χ4v) is 3.18. The summed E-state index contributed by atoms with van der Waals surface area (Å²) in [6, 6.07) is 10.1. The molecule has 1 aromatic carbocycles. The number of halogens is 1. The van der Waals surface area contributed by atoms with Crippen molar-refractivity contribution in [3.05, 3.63) is 50.6 Å². The first-order valence-electron chi connectivity index (χ1n) is 5.31. The van der Waals surface area contributed by atoms with Crippen LogP contribution in [0.5, 0.6) is 5.75 Å². The highest BCUT2D eigenvalue weighted by molar-refractivity contribution is 9.10. The van der Waals surface area contributed by atoms with Crippen LogP contribution in [-0.2, 0) is 6.42 Å². The Morgan fingerprint density at radius 3 is 2.88 bits per heavy atom. The van der Waals surface area contributed by atoms with Gasteiger partial charge in [0.1, 0.15) is 5.75 Å². The lowest BCUT2D eigenvalue weighted by Crippen LogP contribution is -2.12. The minimum atomic E-state index is 0.00986. The molecule has 0 amide bonds. The zero-order valence-electron chi connectivity index (χ0n) is 9.52. The molecule has 4 heteroatoms. The Labute approximate surface area is 114 Å². The number of rotatable bonds is 4. The maximum Gasteiger partial charge on any atom is 0.119 e. The zero-order valence-corrected chi connectivity index (χ0v) is 11.9. The van der Waals surface area contributed by atoms with E-state index in [1.165, 1.54) is 4.88 Å². The zero-order chi connectivity index (χ0) is 12.3. The van der Waals surface area contributed by atoms with Crippen molar-refractivity contribution in [3.63, 3.8) is 0 Å². The highest BCUT2D eigenvalue weighted by atomic mass is 79.9. The largest absolute Gasteiger partial charge is 0.497 e. The van der Waals surface area contributed by atoms with Gasteiger partial charge in [0, 0.05) is 27.2 Å². The molecule has 0 spiro atoms. The number of methoxy groups -OCH3 is 1. The van der Waals surface area contributed by atoms with Crippen molar-refractivity contribution in [2.75, 3.05) is 7.11 Å². The van der Waals surface area contributed by atoms with E-state index in [4.69, 9.17) is 10.5 Å². The van der Waals surface area contributed by atoms with Gasteiger partial charge in [-0.25, -0.2) is 0 Å². The molecular weight excluding hydrogens is 298 g/mol. The quantitative estimate of drug-likeness (QED) is 0.933. The van der Waals surface area contributed by atoms with Gasteiger partial charge in [-0.15, -0.1) is 11.3 Å². The first-order valence-corrected chi connectivity index (χ1v) is 6.99. The van der Waals surface area contributed by atoms with Crippen LogP contribution in [0, 0.1) is 0 Å². The molecule has 1 unspecified atom stereocenters. The molecule has 0 radical (unpaired) electrons. The molecule has 90 valence electrons. The number of nitrogens with two attached hydrogens (primary N) is 1. The van der Waals surface area contributed by atoms with Crippen LogP contribution in [0.15, 0.2) is 40.2 Å². The normalized spacial score (nSPS) is 12.4. The van der Waals surface area contributed by atoms with Crippen molar-refractivity contribution in [3.8, 4) is 5.75 Å². The van der Waals surface area contributed by atoms with Crippen LogP contribution < -0.4 is 10.5 Å². The van der Waals surface area contributed by atoms with Crippen LogP contribution in [0.1, 0.15) is 16.5 Å². The smallest absolute Gasteiger partial charge is 0.119 e. The fraction of sp³-hybridized carbons (Fsp3) is 0.231. The van der Waals surface area contributed by atoms with Crippen molar-refractivity contribution >= 4 is 27.3 Å². The monoisotopic (exact) mass is 311 g/mol. The summed E-state index contributed by atoms with van der Waals surface area (Å²) in [4.78, 5) is 1.28. The Morgan fingerprint density at radius 1 is 1.41 bits per heavy atom. The summed E-state index contributed by atoms with van der Waals surface area (Å²) >= 11 is 5.18. The lowest BCUT2D eigenvalue weighted by Gasteiger charge is -2.11. The maximum absolute atomic E-state index is 6.20. The summed E-state index contributed by atoms with van der Waals surface area (Å²) in [5, 5.41) is 2.08. The van der Waals surface area contributed by atoms with Gasteiger partial charge in [-0.1, -0.05) is 12.1 Å². The van der Waals surface area contributed by atoms with Crippen LogP contribution in [-0.4, -0.2) is 7.11 Å². The van der Waals surface area contributed by atoms with Gasteiger partial charge in [-0.3, -0.25) is 0 Å². The van der Waals surface area contributed by atoms with Gasteiger partial charge in [0.2, 0.25) is 0 Å². The number of hydrogen-bond donors (Lipinski definition) is 1. The summed E-state index contributed by atoms with van der Waals surface area (Å²) in [6.45, 7) is 0. The van der Waals surface area contributed by atoms with Crippen molar-refractivity contribution in [1.29, 1.82) is 0 Å². The number of ether oxygens (including phenoxy) is 1. The number of benzene rings is 1. The third kappa shape index (κ3) is 3.31. The molecule has 1 heterocycles. The minimum Gasteiger partial charge on any atom is -0.497 e. The molecule has 0 aliphatic rings. The second-order valence-corrected chi connectivity index (χ2v) is 5.73. The van der Waals surface area contributed by atoms with Crippen LogP contribution in [0.25, 0.3) is 0 Å². The van der Waals surface area contributed by atoms with Gasteiger partial charge >= 0.3 is 0 Å². The SMILES string of the molecule is COc1cccc(C(N)Cc2cc(Br)cs2)c1. The third-order valence-corrected chi connectivity index (χ3v) is 4.28. The van der Waals surface area contributed by atoms with E-state index in [9.17, 15) is 0 Å². The van der Waals surface area contributed by atoms with Crippen LogP contribution in [0.4, 0.5) is 0 Å². The van der Waals surface area contributed by atoms with E-state index in [1.807, 2.05) is 24.3 Å². The van der Waals surface area contributed by atoms with Crippen molar-refractivity contribution < 1.29 is 4.74 Å². The topological polar surface area (TPSA) is 35.2 Å². The van der Waals surface area contributed by atoms with Crippen molar-refractivity contribution in [1.82, 2.24) is 0 Å². The summed E-state index contributed by atoms with van der Waals surface area (Å²) < 4.78 is 6.32. The molecule has 0 aliphatic heterocycles. The number of hydrogen-bond acceptors (Lipinski definition) is 3. The molecule has 0 fully saturated rings. The van der Waals surface area contributed by atoms with E-state index >= 15 is 0 Å². The Bertz CT molecular complexity index is 498. The molecule has 2 nitrogen and oxygen atoms in total. The molecule has 0 saturated carbocycles. The van der Waals surface area contributed by atoms with E-state index < -0.39 is 0 Å². The van der Waals surface area contributed by atoms with Gasteiger partial charge in [-0.05, 0) is 39.7 Å². The van der Waals surface area contributed by atoms with Crippen LogP contribution in [0.2, 0.25) is 0 Å². The van der Waals surface area contributed by atoms with E-state index in [0.29, 0.717) is 0 Å². The van der Waals surface area contributed by atoms with Gasteiger partial charge in [-0.2, -0.15) is 0 Å². The molecule has 2 rings (SSSR count). The maximum atomic E-state index is 6.20. The van der Waals surface area contributed by atoms with Gasteiger partial charge < -0.3 is 10.5 Å². The van der Waals surface area contributed by atoms with Crippen molar-refractivity contribution in [2.45, 2.75) is 12.5 Å². The lowest BCUT2D eigenvalue weighted by molar-refractivity contribution is 0.414. The molecule has 1 atom stereocenters. The van der Waals surface area contributed by atoms with E-state index in [-0.39, 0.29) is 6.04 Å². The van der Waals surface area contributed by atoms with E-state index in [0.717, 1.165) is 22.2 Å². The summed E-state index contributed by atoms with van der Waals surface area (Å²) in [5.74, 6) is 0.852. The molecular formula is C13H14BrNOS. The highest BCUT2D eigenvalue weighted by Crippen LogP contribution is 2.25. The first-order chi connectivity index (χ1) is 8.19. The molecule has 2 aromatic rings. The van der Waals surface area contributed by atoms with Crippen LogP contribution >= 0.6 is 27.3 Å². The summed E-state index contributed by atoms with van der Waals surface area (Å²) in [6.07, 6.45) is 0.851. The van der Waals surface area contributed by atoms with E-state index in [2.05, 4.69) is 27.4 Å². The number of thiophene rings is 1. The van der Waals surface area contributed by atoms with Gasteiger partial charge in [0.05, 0.1) is 7.11 Å². The Morgan fingerprint density at radius 2 is 2.24 bits per heavy atom. The molecule has 0 aliphatic carbocycles. The third-order valence-electron chi connectivity index (χ3n) is 2.56. The molecule has 0 saturated heterocycles. The predicted molar refractivity (Wildman–Crippen MR) is 75.6 cm³/mol. The Hall–Kier alpha value is -0.840. The molecule has 1 aromatic heterocycles. The van der Waals surface area contributed by atoms with Gasteiger partial charge in [0.15, 0.2) is 0 Å².